The molecule has 1 N–H and O–H groups in total. The third kappa shape index (κ3) is 3.67. The minimum atomic E-state index is -3.52. The summed E-state index contributed by atoms with van der Waals surface area (Å²) < 4.78 is 12.3. The second-order valence-corrected chi connectivity index (χ2v) is 10.5. The summed E-state index contributed by atoms with van der Waals surface area (Å²) in [6.07, 6.45) is 0. The molecule has 2 aromatic carbocycles. The molecule has 0 amide bonds. The predicted octanol–water partition coefficient (Wildman–Crippen LogP) is 4.45. The molecule has 0 unspecified atom stereocenters. The third-order valence-corrected chi connectivity index (χ3v) is 7.80. The highest BCUT2D eigenvalue weighted by atomic mass is 79.9. The van der Waals surface area contributed by atoms with E-state index in [0.29, 0.717) is 10.6 Å². The molecule has 0 saturated carbocycles. The van der Waals surface area contributed by atoms with Crippen LogP contribution in [0.1, 0.15) is 0 Å². The van der Waals surface area contributed by atoms with Crippen molar-refractivity contribution in [3.63, 3.8) is 0 Å². The Balaban J connectivity index is 2.65. The predicted molar refractivity (Wildman–Crippen MR) is 93.8 cm³/mol. The van der Waals surface area contributed by atoms with Gasteiger partial charge in [-0.25, -0.2) is 0 Å². The van der Waals surface area contributed by atoms with E-state index in [4.69, 9.17) is 34.8 Å². The molecule has 0 aliphatic rings. The smallest absolute Gasteiger partial charge is 0.223 e. The Morgan fingerprint density at radius 3 is 1.90 bits per heavy atom. The monoisotopic (exact) mass is 426 g/mol. The summed E-state index contributed by atoms with van der Waals surface area (Å²) in [7, 11) is -3.52. The maximum Gasteiger partial charge on any atom is 0.223 e. The zero-order valence-corrected chi connectivity index (χ0v) is 15.3. The second kappa shape index (κ2) is 6.62. The zero-order valence-electron chi connectivity index (χ0n) is 10.6. The molecule has 21 heavy (non-hydrogen) atoms. The van der Waals surface area contributed by atoms with E-state index < -0.39 is 16.8 Å². The van der Waals surface area contributed by atoms with Gasteiger partial charge in [-0.15, -0.1) is 0 Å². The first-order chi connectivity index (χ1) is 9.76. The fourth-order valence-corrected chi connectivity index (χ4v) is 5.93. The molecule has 0 radical (unpaired) electrons. The molecule has 7 heteroatoms. The van der Waals surface area contributed by atoms with Crippen molar-refractivity contribution in [2.45, 2.75) is 9.64 Å². The maximum atomic E-state index is 13.6. The highest BCUT2D eigenvalue weighted by molar-refractivity contribution is 9.10. The van der Waals surface area contributed by atoms with Crippen LogP contribution in [0.25, 0.3) is 0 Å². The Hall–Kier alpha value is -0.0200. The molecule has 0 aliphatic heterocycles. The highest BCUT2D eigenvalue weighted by Crippen LogP contribution is 2.55. The molecule has 2 atom stereocenters. The van der Waals surface area contributed by atoms with E-state index in [9.17, 15) is 9.67 Å². The number of hydrogen-bond donors (Lipinski definition) is 1. The van der Waals surface area contributed by atoms with Crippen LogP contribution in [0.4, 0.5) is 0 Å². The Kier molecular flexibility index (Phi) is 5.46. The van der Waals surface area contributed by atoms with Gasteiger partial charge in [0, 0.05) is 15.1 Å². The van der Waals surface area contributed by atoms with Crippen molar-refractivity contribution in [3.05, 3.63) is 59.1 Å². The van der Waals surface area contributed by atoms with Gasteiger partial charge in [0.15, 0.2) is 13.0 Å². The van der Waals surface area contributed by atoms with Gasteiger partial charge >= 0.3 is 0 Å². The molecule has 0 heterocycles. The molecular formula is C14H11BrCl3O2P. The number of aliphatic hydroxyl groups is 1. The van der Waals surface area contributed by atoms with E-state index in [1.807, 2.05) is 0 Å². The fourth-order valence-electron chi connectivity index (χ4n) is 1.95. The quantitative estimate of drug-likeness (QED) is 0.579. The van der Waals surface area contributed by atoms with Crippen LogP contribution in [0.2, 0.25) is 0 Å². The molecular weight excluding hydrogens is 417 g/mol. The lowest BCUT2D eigenvalue weighted by atomic mass is 10.4. The van der Waals surface area contributed by atoms with Crippen molar-refractivity contribution < 1.29 is 9.67 Å². The molecule has 0 bridgehead atoms. The molecule has 2 rings (SSSR count). The van der Waals surface area contributed by atoms with Crippen LogP contribution >= 0.6 is 57.9 Å². The lowest BCUT2D eigenvalue weighted by Gasteiger charge is -2.29. The van der Waals surface area contributed by atoms with Crippen LogP contribution < -0.4 is 10.6 Å². The number of aliphatic hydroxyl groups excluding tert-OH is 1. The summed E-state index contributed by atoms with van der Waals surface area (Å²) in [6.45, 7) is 0. The standard InChI is InChI=1S/C14H11BrCl3O2P/c15-10-6-8-12(9-7-10)21(20,13(19)14(16,17)18)11-4-2-1-3-5-11/h1-9,13,19H/t13-,21-/m1/s1. The number of benzene rings is 2. The van der Waals surface area contributed by atoms with Crippen molar-refractivity contribution >= 4 is 68.5 Å². The Bertz CT molecular complexity index is 656. The summed E-state index contributed by atoms with van der Waals surface area (Å²) in [6, 6.07) is 15.3. The Morgan fingerprint density at radius 2 is 1.43 bits per heavy atom. The average molecular weight is 428 g/mol. The summed E-state index contributed by atoms with van der Waals surface area (Å²) in [5, 5.41) is 11.3. The minimum absolute atomic E-state index is 0.427. The maximum absolute atomic E-state index is 13.6. The van der Waals surface area contributed by atoms with Crippen molar-refractivity contribution in [1.82, 2.24) is 0 Å². The van der Waals surface area contributed by atoms with Gasteiger partial charge in [0.05, 0.1) is 0 Å². The third-order valence-electron chi connectivity index (χ3n) is 2.99. The Morgan fingerprint density at radius 1 is 0.952 bits per heavy atom. The van der Waals surface area contributed by atoms with Crippen LogP contribution in [-0.2, 0) is 4.57 Å². The lowest BCUT2D eigenvalue weighted by Crippen LogP contribution is -2.34. The summed E-state index contributed by atoms with van der Waals surface area (Å²) in [5.41, 5.74) is 0. The highest BCUT2D eigenvalue weighted by Gasteiger charge is 2.47. The summed E-state index contributed by atoms with van der Waals surface area (Å²) in [5.74, 6) is -1.64. The molecule has 112 valence electrons. The van der Waals surface area contributed by atoms with Gasteiger partial charge in [-0.2, -0.15) is 0 Å². The van der Waals surface area contributed by atoms with Crippen molar-refractivity contribution in [2.75, 3.05) is 0 Å². The normalized spacial score (nSPS) is 16.2. The van der Waals surface area contributed by atoms with Crippen LogP contribution in [0.15, 0.2) is 59.1 Å². The molecule has 0 aliphatic carbocycles. The Labute approximate surface area is 146 Å². The second-order valence-electron chi connectivity index (χ2n) is 4.39. The van der Waals surface area contributed by atoms with Crippen molar-refractivity contribution in [1.29, 1.82) is 0 Å². The van der Waals surface area contributed by atoms with E-state index in [2.05, 4.69) is 15.9 Å². The number of halogens is 4. The largest absolute Gasteiger partial charge is 0.380 e. The minimum Gasteiger partial charge on any atom is -0.380 e. The zero-order chi connectivity index (χ0) is 15.7. The molecule has 2 aromatic rings. The number of alkyl halides is 3. The first-order valence-electron chi connectivity index (χ1n) is 5.92. The lowest BCUT2D eigenvalue weighted by molar-refractivity contribution is 0.255. The van der Waals surface area contributed by atoms with E-state index in [1.165, 1.54) is 0 Å². The van der Waals surface area contributed by atoms with Crippen LogP contribution in [0.5, 0.6) is 0 Å². The van der Waals surface area contributed by atoms with Gasteiger partial charge in [0.1, 0.15) is 0 Å². The molecule has 0 saturated heterocycles. The van der Waals surface area contributed by atoms with Gasteiger partial charge < -0.3 is 9.67 Å². The van der Waals surface area contributed by atoms with Gasteiger partial charge in [0.25, 0.3) is 0 Å². The average Bonchev–Trinajstić information content (AvgIpc) is 2.46. The van der Waals surface area contributed by atoms with Crippen LogP contribution in [-0.4, -0.2) is 14.7 Å². The van der Waals surface area contributed by atoms with Crippen LogP contribution in [0.3, 0.4) is 0 Å². The number of hydrogen-bond acceptors (Lipinski definition) is 2. The van der Waals surface area contributed by atoms with E-state index in [1.54, 1.807) is 54.6 Å². The van der Waals surface area contributed by atoms with Crippen molar-refractivity contribution in [2.24, 2.45) is 0 Å². The van der Waals surface area contributed by atoms with Crippen LogP contribution in [0, 0.1) is 0 Å². The van der Waals surface area contributed by atoms with Gasteiger partial charge in [-0.3, -0.25) is 0 Å². The molecule has 0 aromatic heterocycles. The topological polar surface area (TPSA) is 37.3 Å². The first kappa shape index (κ1) is 17.3. The summed E-state index contributed by atoms with van der Waals surface area (Å²) in [4.78, 5) is 0. The van der Waals surface area contributed by atoms with E-state index >= 15 is 0 Å². The van der Waals surface area contributed by atoms with E-state index in [-0.39, 0.29) is 0 Å². The molecule has 2 nitrogen and oxygen atoms in total. The fraction of sp³-hybridized carbons (Fsp3) is 0.143. The van der Waals surface area contributed by atoms with Crippen molar-refractivity contribution in [3.8, 4) is 0 Å². The molecule has 0 fully saturated rings. The van der Waals surface area contributed by atoms with Gasteiger partial charge in [0.2, 0.25) is 3.79 Å². The van der Waals surface area contributed by atoms with Gasteiger partial charge in [-0.05, 0) is 24.3 Å². The SMILES string of the molecule is O=[P@](c1ccccc1)(c1ccc(Br)cc1)[C@@H](O)C(Cl)(Cl)Cl. The first-order valence-corrected chi connectivity index (χ1v) is 9.63. The summed E-state index contributed by atoms with van der Waals surface area (Å²) >= 11 is 20.7. The molecule has 0 spiro atoms. The number of rotatable bonds is 3. The van der Waals surface area contributed by atoms with Gasteiger partial charge in [-0.1, -0.05) is 81.1 Å². The van der Waals surface area contributed by atoms with E-state index in [0.717, 1.165) is 4.47 Å².